The minimum absolute atomic E-state index is 0.0796. The standard InChI is InChI=1S/C13H19NO3/c1-8(13(16)17)7-14(2)12(15)11-6-9-3-4-10(11)5-9/h3-4,8-11H,5-7H2,1-2H3,(H,16,17). The zero-order chi connectivity index (χ0) is 12.6. The maximum absolute atomic E-state index is 12.2. The number of carboxylic acids is 1. The molecule has 1 fully saturated rings. The van der Waals surface area contributed by atoms with Crippen LogP contribution < -0.4 is 0 Å². The zero-order valence-corrected chi connectivity index (χ0v) is 10.3. The monoisotopic (exact) mass is 237 g/mol. The third-order valence-corrected chi connectivity index (χ3v) is 3.94. The summed E-state index contributed by atoms with van der Waals surface area (Å²) in [6.45, 7) is 1.93. The highest BCUT2D eigenvalue weighted by molar-refractivity contribution is 5.80. The van der Waals surface area contributed by atoms with Crippen LogP contribution in [0.4, 0.5) is 0 Å². The molecular weight excluding hydrogens is 218 g/mol. The van der Waals surface area contributed by atoms with Crippen LogP contribution in [0.25, 0.3) is 0 Å². The Bertz CT molecular complexity index is 364. The van der Waals surface area contributed by atoms with Gasteiger partial charge in [0, 0.05) is 19.5 Å². The quantitative estimate of drug-likeness (QED) is 0.751. The largest absolute Gasteiger partial charge is 0.481 e. The number of allylic oxidation sites excluding steroid dienone is 2. The minimum Gasteiger partial charge on any atom is -0.481 e. The molecule has 17 heavy (non-hydrogen) atoms. The van der Waals surface area contributed by atoms with Gasteiger partial charge >= 0.3 is 5.97 Å². The number of fused-ring (bicyclic) bond motifs is 2. The third kappa shape index (κ3) is 2.35. The molecule has 1 amide bonds. The molecule has 0 aromatic carbocycles. The first-order valence-corrected chi connectivity index (χ1v) is 6.15. The van der Waals surface area contributed by atoms with Gasteiger partial charge in [0.25, 0.3) is 0 Å². The molecule has 0 heterocycles. The molecular formula is C13H19NO3. The lowest BCUT2D eigenvalue weighted by Crippen LogP contribution is -2.38. The average Bonchev–Trinajstić information content (AvgIpc) is 2.89. The number of nitrogens with zero attached hydrogens (tertiary/aromatic N) is 1. The van der Waals surface area contributed by atoms with Crippen molar-refractivity contribution in [3.05, 3.63) is 12.2 Å². The van der Waals surface area contributed by atoms with Crippen LogP contribution in [-0.4, -0.2) is 35.5 Å². The molecule has 4 heteroatoms. The maximum atomic E-state index is 12.2. The normalized spacial score (nSPS) is 31.5. The van der Waals surface area contributed by atoms with E-state index in [0.717, 1.165) is 12.8 Å². The predicted molar refractivity (Wildman–Crippen MR) is 63.3 cm³/mol. The number of amides is 1. The van der Waals surface area contributed by atoms with Crippen molar-refractivity contribution in [1.29, 1.82) is 0 Å². The van der Waals surface area contributed by atoms with E-state index in [9.17, 15) is 9.59 Å². The van der Waals surface area contributed by atoms with Gasteiger partial charge in [-0.25, -0.2) is 0 Å². The van der Waals surface area contributed by atoms with Crippen LogP contribution in [0, 0.1) is 23.7 Å². The van der Waals surface area contributed by atoms with E-state index in [-0.39, 0.29) is 11.8 Å². The van der Waals surface area contributed by atoms with E-state index in [0.29, 0.717) is 18.4 Å². The van der Waals surface area contributed by atoms with Crippen molar-refractivity contribution in [2.45, 2.75) is 19.8 Å². The maximum Gasteiger partial charge on any atom is 0.308 e. The first-order valence-electron chi connectivity index (χ1n) is 6.15. The summed E-state index contributed by atoms with van der Waals surface area (Å²) in [6, 6.07) is 0. The van der Waals surface area contributed by atoms with Gasteiger partial charge in [-0.2, -0.15) is 0 Å². The topological polar surface area (TPSA) is 57.6 Å². The van der Waals surface area contributed by atoms with Crippen molar-refractivity contribution < 1.29 is 14.7 Å². The Balaban J connectivity index is 1.92. The van der Waals surface area contributed by atoms with Gasteiger partial charge in [-0.3, -0.25) is 9.59 Å². The van der Waals surface area contributed by atoms with Crippen LogP contribution >= 0.6 is 0 Å². The lowest BCUT2D eigenvalue weighted by atomic mass is 9.92. The van der Waals surface area contributed by atoms with Gasteiger partial charge in [-0.15, -0.1) is 0 Å². The lowest BCUT2D eigenvalue weighted by molar-refractivity contribution is -0.143. The van der Waals surface area contributed by atoms with Gasteiger partial charge in [-0.05, 0) is 24.7 Å². The Morgan fingerprint density at radius 2 is 2.12 bits per heavy atom. The minimum atomic E-state index is -0.850. The average molecular weight is 237 g/mol. The molecule has 4 atom stereocenters. The summed E-state index contributed by atoms with van der Waals surface area (Å²) in [5.41, 5.74) is 0. The Hall–Kier alpha value is -1.32. The summed E-state index contributed by atoms with van der Waals surface area (Å²) in [7, 11) is 1.71. The second-order valence-electron chi connectivity index (χ2n) is 5.34. The molecule has 0 saturated heterocycles. The lowest BCUT2D eigenvalue weighted by Gasteiger charge is -2.26. The SMILES string of the molecule is CC(CN(C)C(=O)C1CC2C=CC1C2)C(=O)O. The van der Waals surface area contributed by atoms with Gasteiger partial charge in [-0.1, -0.05) is 19.1 Å². The number of carbonyl (C=O) groups excluding carboxylic acids is 1. The van der Waals surface area contributed by atoms with E-state index >= 15 is 0 Å². The van der Waals surface area contributed by atoms with Crippen molar-refractivity contribution in [2.24, 2.45) is 23.7 Å². The van der Waals surface area contributed by atoms with E-state index in [1.54, 1.807) is 18.9 Å². The van der Waals surface area contributed by atoms with Crippen molar-refractivity contribution in [3.8, 4) is 0 Å². The number of carbonyl (C=O) groups is 2. The van der Waals surface area contributed by atoms with Crippen LogP contribution in [0.15, 0.2) is 12.2 Å². The first-order chi connectivity index (χ1) is 7.99. The van der Waals surface area contributed by atoms with Crippen molar-refractivity contribution in [3.63, 3.8) is 0 Å². The fourth-order valence-corrected chi connectivity index (χ4v) is 2.93. The van der Waals surface area contributed by atoms with Gasteiger partial charge in [0.15, 0.2) is 0 Å². The van der Waals surface area contributed by atoms with Crippen molar-refractivity contribution in [1.82, 2.24) is 4.90 Å². The Morgan fingerprint density at radius 3 is 2.59 bits per heavy atom. The Kier molecular flexibility index (Phi) is 3.22. The van der Waals surface area contributed by atoms with Crippen LogP contribution in [0.2, 0.25) is 0 Å². The molecule has 2 bridgehead atoms. The van der Waals surface area contributed by atoms with Gasteiger partial charge < -0.3 is 10.0 Å². The Labute approximate surface area is 101 Å². The predicted octanol–water partition coefficient (Wildman–Crippen LogP) is 1.38. The second kappa shape index (κ2) is 4.51. The van der Waals surface area contributed by atoms with Crippen molar-refractivity contribution >= 4 is 11.9 Å². The fraction of sp³-hybridized carbons (Fsp3) is 0.692. The fourth-order valence-electron chi connectivity index (χ4n) is 2.93. The van der Waals surface area contributed by atoms with Crippen molar-refractivity contribution in [2.75, 3.05) is 13.6 Å². The molecule has 0 spiro atoms. The van der Waals surface area contributed by atoms with E-state index < -0.39 is 11.9 Å². The molecule has 0 aromatic heterocycles. The highest BCUT2D eigenvalue weighted by atomic mass is 16.4. The first kappa shape index (κ1) is 12.1. The summed E-state index contributed by atoms with van der Waals surface area (Å²) in [6.07, 6.45) is 6.38. The summed E-state index contributed by atoms with van der Waals surface area (Å²) in [5.74, 6) is -0.212. The Morgan fingerprint density at radius 1 is 1.41 bits per heavy atom. The molecule has 4 unspecified atom stereocenters. The zero-order valence-electron chi connectivity index (χ0n) is 10.3. The molecule has 0 radical (unpaired) electrons. The molecule has 2 aliphatic carbocycles. The number of rotatable bonds is 4. The molecule has 1 N–H and O–H groups in total. The summed E-state index contributed by atoms with van der Waals surface area (Å²) in [4.78, 5) is 24.5. The van der Waals surface area contributed by atoms with Gasteiger partial charge in [0.2, 0.25) is 5.91 Å². The second-order valence-corrected chi connectivity index (χ2v) is 5.34. The summed E-state index contributed by atoms with van der Waals surface area (Å²) >= 11 is 0. The molecule has 2 aliphatic rings. The molecule has 0 aromatic rings. The molecule has 2 rings (SSSR count). The summed E-state index contributed by atoms with van der Waals surface area (Å²) < 4.78 is 0. The number of hydrogen-bond donors (Lipinski definition) is 1. The molecule has 94 valence electrons. The van der Waals surface area contributed by atoms with Crippen LogP contribution in [-0.2, 0) is 9.59 Å². The van der Waals surface area contributed by atoms with E-state index in [4.69, 9.17) is 5.11 Å². The van der Waals surface area contributed by atoms with Crippen LogP contribution in [0.3, 0.4) is 0 Å². The third-order valence-electron chi connectivity index (χ3n) is 3.94. The molecule has 4 nitrogen and oxygen atoms in total. The molecule has 0 aliphatic heterocycles. The highest BCUT2D eigenvalue weighted by Gasteiger charge is 2.41. The smallest absolute Gasteiger partial charge is 0.308 e. The van der Waals surface area contributed by atoms with E-state index in [1.807, 2.05) is 0 Å². The molecule has 1 saturated carbocycles. The van der Waals surface area contributed by atoms with Gasteiger partial charge in [0.05, 0.1) is 5.92 Å². The van der Waals surface area contributed by atoms with Gasteiger partial charge in [0.1, 0.15) is 0 Å². The van der Waals surface area contributed by atoms with E-state index in [1.165, 1.54) is 0 Å². The highest BCUT2D eigenvalue weighted by Crippen LogP contribution is 2.44. The summed E-state index contributed by atoms with van der Waals surface area (Å²) in [5, 5.41) is 8.83. The van der Waals surface area contributed by atoms with E-state index in [2.05, 4.69) is 12.2 Å². The number of carboxylic acid groups (broad SMARTS) is 1. The number of aliphatic carboxylic acids is 1. The van der Waals surface area contributed by atoms with Crippen LogP contribution in [0.1, 0.15) is 19.8 Å². The van der Waals surface area contributed by atoms with Crippen LogP contribution in [0.5, 0.6) is 0 Å². The number of hydrogen-bond acceptors (Lipinski definition) is 2.